The number of carbonyl (C=O) groups is 2. The van der Waals surface area contributed by atoms with Crippen molar-refractivity contribution >= 4 is 17.6 Å². The standard InChI is InChI=1S/C14H17NO4/c16-13(3-1-2-4-14(17)18)15-12-6-5-10-8-19-9-11(10)7-12/h5-7H,1-4,8-9H2,(H,15,16)(H,17,18). The van der Waals surface area contributed by atoms with Crippen LogP contribution in [0.25, 0.3) is 0 Å². The maximum atomic E-state index is 11.7. The van der Waals surface area contributed by atoms with Crippen LogP contribution in [0.4, 0.5) is 5.69 Å². The topological polar surface area (TPSA) is 75.6 Å². The van der Waals surface area contributed by atoms with Gasteiger partial charge in [-0.1, -0.05) is 6.07 Å². The lowest BCUT2D eigenvalue weighted by atomic mass is 10.1. The maximum absolute atomic E-state index is 11.7. The van der Waals surface area contributed by atoms with E-state index in [-0.39, 0.29) is 12.3 Å². The second-order valence-electron chi connectivity index (χ2n) is 4.63. The number of unbranched alkanes of at least 4 members (excludes halogenated alkanes) is 1. The second-order valence-corrected chi connectivity index (χ2v) is 4.63. The molecule has 1 aliphatic rings. The Labute approximate surface area is 111 Å². The molecule has 2 rings (SSSR count). The number of nitrogens with one attached hydrogen (secondary N) is 1. The van der Waals surface area contributed by atoms with Crippen LogP contribution in [0.5, 0.6) is 0 Å². The fourth-order valence-corrected chi connectivity index (χ4v) is 2.04. The third-order valence-electron chi connectivity index (χ3n) is 3.05. The third kappa shape index (κ3) is 4.06. The van der Waals surface area contributed by atoms with Gasteiger partial charge in [0.15, 0.2) is 0 Å². The molecule has 0 atom stereocenters. The highest BCUT2D eigenvalue weighted by atomic mass is 16.5. The Morgan fingerprint density at radius 1 is 1.16 bits per heavy atom. The SMILES string of the molecule is O=C(O)CCCCC(=O)Nc1ccc2c(c1)COC2. The molecular formula is C14H17NO4. The second kappa shape index (κ2) is 6.33. The fraction of sp³-hybridized carbons (Fsp3) is 0.429. The molecule has 19 heavy (non-hydrogen) atoms. The summed E-state index contributed by atoms with van der Waals surface area (Å²) in [7, 11) is 0. The summed E-state index contributed by atoms with van der Waals surface area (Å²) in [4.78, 5) is 22.0. The van der Waals surface area contributed by atoms with Crippen LogP contribution in [0.3, 0.4) is 0 Å². The van der Waals surface area contributed by atoms with E-state index in [1.807, 2.05) is 18.2 Å². The molecule has 0 unspecified atom stereocenters. The van der Waals surface area contributed by atoms with Gasteiger partial charge in [0, 0.05) is 18.5 Å². The molecule has 0 saturated heterocycles. The number of amides is 1. The lowest BCUT2D eigenvalue weighted by Gasteiger charge is -2.06. The number of hydrogen-bond donors (Lipinski definition) is 2. The average molecular weight is 263 g/mol. The molecule has 102 valence electrons. The summed E-state index contributed by atoms with van der Waals surface area (Å²) in [6, 6.07) is 5.75. The number of ether oxygens (including phenoxy) is 1. The Bertz CT molecular complexity index is 484. The summed E-state index contributed by atoms with van der Waals surface area (Å²) >= 11 is 0. The van der Waals surface area contributed by atoms with Crippen molar-refractivity contribution in [2.45, 2.75) is 38.9 Å². The van der Waals surface area contributed by atoms with Crippen molar-refractivity contribution in [1.82, 2.24) is 0 Å². The van der Waals surface area contributed by atoms with Gasteiger partial charge in [-0.15, -0.1) is 0 Å². The summed E-state index contributed by atoms with van der Waals surface area (Å²) in [6.07, 6.45) is 1.58. The fourth-order valence-electron chi connectivity index (χ4n) is 2.04. The summed E-state index contributed by atoms with van der Waals surface area (Å²) in [5.74, 6) is -0.900. The van der Waals surface area contributed by atoms with Crippen LogP contribution in [0.15, 0.2) is 18.2 Å². The zero-order valence-corrected chi connectivity index (χ0v) is 10.6. The van der Waals surface area contributed by atoms with E-state index >= 15 is 0 Å². The van der Waals surface area contributed by atoms with Crippen LogP contribution < -0.4 is 5.32 Å². The first-order valence-electron chi connectivity index (χ1n) is 6.36. The Morgan fingerprint density at radius 2 is 1.89 bits per heavy atom. The van der Waals surface area contributed by atoms with Gasteiger partial charge in [-0.2, -0.15) is 0 Å². The Morgan fingerprint density at radius 3 is 2.68 bits per heavy atom. The van der Waals surface area contributed by atoms with Crippen LogP contribution in [-0.2, 0) is 27.5 Å². The zero-order chi connectivity index (χ0) is 13.7. The predicted octanol–water partition coefficient (Wildman–Crippen LogP) is 2.30. The molecule has 5 heteroatoms. The predicted molar refractivity (Wildman–Crippen MR) is 69.7 cm³/mol. The van der Waals surface area contributed by atoms with Gasteiger partial charge >= 0.3 is 5.97 Å². The number of fused-ring (bicyclic) bond motifs is 1. The van der Waals surface area contributed by atoms with Gasteiger partial charge < -0.3 is 15.2 Å². The number of carboxylic acids is 1. The largest absolute Gasteiger partial charge is 0.481 e. The Hall–Kier alpha value is -1.88. The van der Waals surface area contributed by atoms with Crippen molar-refractivity contribution < 1.29 is 19.4 Å². The summed E-state index contributed by atoms with van der Waals surface area (Å²) in [6.45, 7) is 1.23. The Balaban J connectivity index is 1.77. The van der Waals surface area contributed by atoms with Gasteiger partial charge in [0.2, 0.25) is 5.91 Å². The van der Waals surface area contributed by atoms with Crippen LogP contribution in [-0.4, -0.2) is 17.0 Å². The molecular weight excluding hydrogens is 246 g/mol. The summed E-state index contributed by atoms with van der Waals surface area (Å²) in [5, 5.41) is 11.3. The molecule has 0 radical (unpaired) electrons. The van der Waals surface area contributed by atoms with Crippen molar-refractivity contribution in [2.75, 3.05) is 5.32 Å². The monoisotopic (exact) mass is 263 g/mol. The molecule has 0 aliphatic carbocycles. The lowest BCUT2D eigenvalue weighted by Crippen LogP contribution is -2.11. The van der Waals surface area contributed by atoms with Gasteiger partial charge in [0.1, 0.15) is 0 Å². The molecule has 1 amide bonds. The van der Waals surface area contributed by atoms with E-state index in [1.54, 1.807) is 0 Å². The first-order valence-corrected chi connectivity index (χ1v) is 6.36. The van der Waals surface area contributed by atoms with Crippen molar-refractivity contribution in [3.8, 4) is 0 Å². The van der Waals surface area contributed by atoms with Crippen molar-refractivity contribution in [3.63, 3.8) is 0 Å². The van der Waals surface area contributed by atoms with E-state index in [1.165, 1.54) is 5.56 Å². The highest BCUT2D eigenvalue weighted by Crippen LogP contribution is 2.23. The molecule has 0 aromatic heterocycles. The summed E-state index contributed by atoms with van der Waals surface area (Å²) < 4.78 is 5.31. The summed E-state index contributed by atoms with van der Waals surface area (Å²) in [5.41, 5.74) is 3.05. The molecule has 1 aliphatic heterocycles. The van der Waals surface area contributed by atoms with Gasteiger partial charge in [0.25, 0.3) is 0 Å². The van der Waals surface area contributed by atoms with Crippen molar-refractivity contribution in [2.24, 2.45) is 0 Å². The van der Waals surface area contributed by atoms with E-state index in [0.29, 0.717) is 32.5 Å². The minimum atomic E-state index is -0.820. The molecule has 2 N–H and O–H groups in total. The number of rotatable bonds is 6. The number of aliphatic carboxylic acids is 1. The smallest absolute Gasteiger partial charge is 0.303 e. The molecule has 1 aromatic carbocycles. The highest BCUT2D eigenvalue weighted by Gasteiger charge is 2.12. The zero-order valence-electron chi connectivity index (χ0n) is 10.6. The first kappa shape index (κ1) is 13.5. The third-order valence-corrected chi connectivity index (χ3v) is 3.05. The van der Waals surface area contributed by atoms with Gasteiger partial charge in [-0.3, -0.25) is 9.59 Å². The molecule has 1 heterocycles. The minimum absolute atomic E-state index is 0.0794. The first-order chi connectivity index (χ1) is 9.15. The highest BCUT2D eigenvalue weighted by molar-refractivity contribution is 5.90. The number of hydrogen-bond acceptors (Lipinski definition) is 3. The van der Waals surface area contributed by atoms with Crippen molar-refractivity contribution in [1.29, 1.82) is 0 Å². The van der Waals surface area contributed by atoms with Crippen LogP contribution in [0, 0.1) is 0 Å². The van der Waals surface area contributed by atoms with E-state index in [9.17, 15) is 9.59 Å². The average Bonchev–Trinajstić information content (AvgIpc) is 2.82. The lowest BCUT2D eigenvalue weighted by molar-refractivity contribution is -0.137. The minimum Gasteiger partial charge on any atom is -0.481 e. The Kier molecular flexibility index (Phi) is 4.52. The maximum Gasteiger partial charge on any atom is 0.303 e. The van der Waals surface area contributed by atoms with E-state index in [4.69, 9.17) is 9.84 Å². The van der Waals surface area contributed by atoms with Gasteiger partial charge in [0.05, 0.1) is 13.2 Å². The normalized spacial score (nSPS) is 13.1. The van der Waals surface area contributed by atoms with Gasteiger partial charge in [-0.05, 0) is 36.1 Å². The van der Waals surface area contributed by atoms with E-state index in [2.05, 4.69) is 5.32 Å². The molecule has 1 aromatic rings. The van der Waals surface area contributed by atoms with Crippen LogP contribution in [0.1, 0.15) is 36.8 Å². The van der Waals surface area contributed by atoms with Crippen molar-refractivity contribution in [3.05, 3.63) is 29.3 Å². The van der Waals surface area contributed by atoms with Crippen LogP contribution >= 0.6 is 0 Å². The molecule has 0 saturated carbocycles. The molecule has 0 bridgehead atoms. The van der Waals surface area contributed by atoms with E-state index in [0.717, 1.165) is 11.3 Å². The molecule has 0 fully saturated rings. The number of anilines is 1. The van der Waals surface area contributed by atoms with Crippen LogP contribution in [0.2, 0.25) is 0 Å². The van der Waals surface area contributed by atoms with E-state index < -0.39 is 5.97 Å². The number of carbonyl (C=O) groups excluding carboxylic acids is 1. The number of carboxylic acid groups (broad SMARTS) is 1. The van der Waals surface area contributed by atoms with Gasteiger partial charge in [-0.25, -0.2) is 0 Å². The molecule has 0 spiro atoms. The quantitative estimate of drug-likeness (QED) is 0.772. The molecule has 5 nitrogen and oxygen atoms in total. The number of benzene rings is 1.